The van der Waals surface area contributed by atoms with E-state index >= 15 is 0 Å². The minimum atomic E-state index is -4.44. The molecule has 0 aliphatic carbocycles. The minimum absolute atomic E-state index is 0.119. The van der Waals surface area contributed by atoms with Crippen molar-refractivity contribution in [2.75, 3.05) is 7.11 Å². The molecule has 26 heavy (non-hydrogen) atoms. The van der Waals surface area contributed by atoms with Gasteiger partial charge in [0.2, 0.25) is 0 Å². The van der Waals surface area contributed by atoms with Gasteiger partial charge in [0, 0.05) is 0 Å². The molecule has 8 heteroatoms. The monoisotopic (exact) mass is 378 g/mol. The molecule has 1 aliphatic rings. The average molecular weight is 378 g/mol. The van der Waals surface area contributed by atoms with Crippen LogP contribution >= 0.6 is 11.8 Å². The normalized spacial score (nSPS) is 17.6. The number of aliphatic imine (C=N–C) groups is 1. The van der Waals surface area contributed by atoms with Gasteiger partial charge in [-0.25, -0.2) is 4.99 Å². The molecule has 4 nitrogen and oxygen atoms in total. The number of amides is 1. The van der Waals surface area contributed by atoms with Gasteiger partial charge in [-0.1, -0.05) is 18.2 Å². The molecule has 2 aromatic carbocycles. The van der Waals surface area contributed by atoms with Gasteiger partial charge in [-0.15, -0.1) is 0 Å². The molecule has 1 aliphatic heterocycles. The van der Waals surface area contributed by atoms with Gasteiger partial charge in [0.1, 0.15) is 5.75 Å². The lowest BCUT2D eigenvalue weighted by atomic mass is 10.2. The Labute approximate surface area is 151 Å². The van der Waals surface area contributed by atoms with E-state index in [1.807, 2.05) is 0 Å². The number of methoxy groups -OCH3 is 1. The van der Waals surface area contributed by atoms with E-state index in [-0.39, 0.29) is 16.8 Å². The van der Waals surface area contributed by atoms with Crippen molar-refractivity contribution in [2.24, 2.45) is 4.99 Å². The number of hydrogen-bond acceptors (Lipinski definition) is 4. The van der Waals surface area contributed by atoms with Gasteiger partial charge >= 0.3 is 6.18 Å². The summed E-state index contributed by atoms with van der Waals surface area (Å²) in [4.78, 5) is 16.5. The number of amidine groups is 1. The predicted octanol–water partition coefficient (Wildman–Crippen LogP) is 4.61. The minimum Gasteiger partial charge on any atom is -0.497 e. The van der Waals surface area contributed by atoms with E-state index < -0.39 is 11.7 Å². The summed E-state index contributed by atoms with van der Waals surface area (Å²) in [6.45, 7) is 0. The first-order chi connectivity index (χ1) is 12.3. The van der Waals surface area contributed by atoms with Crippen molar-refractivity contribution in [1.82, 2.24) is 5.32 Å². The molecule has 0 aromatic heterocycles. The molecule has 134 valence electrons. The molecule has 0 saturated carbocycles. The fraction of sp³-hybridized carbons (Fsp3) is 0.111. The van der Waals surface area contributed by atoms with Crippen LogP contribution in [0.25, 0.3) is 6.08 Å². The Morgan fingerprint density at radius 2 is 1.88 bits per heavy atom. The Morgan fingerprint density at radius 3 is 2.54 bits per heavy atom. The molecule has 1 heterocycles. The van der Waals surface area contributed by atoms with Crippen LogP contribution in [0, 0.1) is 0 Å². The maximum absolute atomic E-state index is 12.8. The van der Waals surface area contributed by atoms with Crippen LogP contribution < -0.4 is 10.1 Å². The van der Waals surface area contributed by atoms with Gasteiger partial charge in [-0.3, -0.25) is 4.79 Å². The third-order valence-corrected chi connectivity index (χ3v) is 4.38. The predicted molar refractivity (Wildman–Crippen MR) is 95.2 cm³/mol. The molecule has 0 radical (unpaired) electrons. The molecule has 1 saturated heterocycles. The molecular formula is C18H13F3N2O2S. The molecule has 0 unspecified atom stereocenters. The molecule has 2 aromatic rings. The standard InChI is InChI=1S/C18H13F3N2O2S/c1-25-14-7-5-11(6-8-14)9-15-16(24)23-17(26-15)22-13-4-2-3-12(10-13)18(19,20)21/h2-10H,1H3,(H,22,23,24)/b15-9-. The summed E-state index contributed by atoms with van der Waals surface area (Å²) in [6, 6.07) is 11.7. The zero-order valence-corrected chi connectivity index (χ0v) is 14.3. The molecule has 0 spiro atoms. The maximum atomic E-state index is 12.8. The quantitative estimate of drug-likeness (QED) is 0.794. The fourth-order valence-corrected chi connectivity index (χ4v) is 3.04. The number of carbonyl (C=O) groups is 1. The highest BCUT2D eigenvalue weighted by Gasteiger charge is 2.30. The lowest BCUT2D eigenvalue weighted by Gasteiger charge is -2.06. The van der Waals surface area contributed by atoms with Crippen LogP contribution in [0.1, 0.15) is 11.1 Å². The second-order valence-corrected chi connectivity index (χ2v) is 6.33. The smallest absolute Gasteiger partial charge is 0.416 e. The van der Waals surface area contributed by atoms with Crippen molar-refractivity contribution in [2.45, 2.75) is 6.18 Å². The van der Waals surface area contributed by atoms with E-state index in [0.717, 1.165) is 29.5 Å². The third-order valence-electron chi connectivity index (χ3n) is 3.47. The van der Waals surface area contributed by atoms with E-state index in [1.165, 1.54) is 12.1 Å². The average Bonchev–Trinajstić information content (AvgIpc) is 2.94. The van der Waals surface area contributed by atoms with Crippen molar-refractivity contribution in [3.63, 3.8) is 0 Å². The maximum Gasteiger partial charge on any atom is 0.416 e. The van der Waals surface area contributed by atoms with Gasteiger partial charge < -0.3 is 10.1 Å². The van der Waals surface area contributed by atoms with Crippen molar-refractivity contribution < 1.29 is 22.7 Å². The van der Waals surface area contributed by atoms with Crippen LogP contribution in [0.3, 0.4) is 0 Å². The summed E-state index contributed by atoms with van der Waals surface area (Å²) >= 11 is 1.07. The first kappa shape index (κ1) is 18.1. The van der Waals surface area contributed by atoms with E-state index in [9.17, 15) is 18.0 Å². The Bertz CT molecular complexity index is 890. The first-order valence-corrected chi connectivity index (χ1v) is 8.28. The topological polar surface area (TPSA) is 50.7 Å². The summed E-state index contributed by atoms with van der Waals surface area (Å²) in [5.74, 6) is 0.346. The van der Waals surface area contributed by atoms with Crippen molar-refractivity contribution in [3.05, 3.63) is 64.6 Å². The lowest BCUT2D eigenvalue weighted by molar-refractivity contribution is -0.137. The number of carbonyl (C=O) groups excluding carboxylic acids is 1. The number of nitrogens with zero attached hydrogens (tertiary/aromatic N) is 1. The summed E-state index contributed by atoms with van der Waals surface area (Å²) in [6.07, 6.45) is -2.77. The molecule has 1 N–H and O–H groups in total. The molecule has 1 amide bonds. The SMILES string of the molecule is COc1ccc(/C=C2\SC(=Nc3cccc(C(F)(F)F)c3)NC2=O)cc1. The highest BCUT2D eigenvalue weighted by atomic mass is 32.2. The summed E-state index contributed by atoms with van der Waals surface area (Å²) in [7, 11) is 1.56. The Balaban J connectivity index is 1.80. The van der Waals surface area contributed by atoms with Crippen LogP contribution in [0.4, 0.5) is 18.9 Å². The number of benzene rings is 2. The Morgan fingerprint density at radius 1 is 1.15 bits per heavy atom. The van der Waals surface area contributed by atoms with Gasteiger partial charge in [-0.2, -0.15) is 13.2 Å². The highest BCUT2D eigenvalue weighted by Crippen LogP contribution is 2.33. The zero-order chi connectivity index (χ0) is 18.7. The van der Waals surface area contributed by atoms with E-state index in [1.54, 1.807) is 37.5 Å². The zero-order valence-electron chi connectivity index (χ0n) is 13.5. The Hall–Kier alpha value is -2.74. The number of rotatable bonds is 3. The lowest BCUT2D eigenvalue weighted by Crippen LogP contribution is -2.19. The molecule has 0 bridgehead atoms. The first-order valence-electron chi connectivity index (χ1n) is 7.46. The highest BCUT2D eigenvalue weighted by molar-refractivity contribution is 8.18. The van der Waals surface area contributed by atoms with Gasteiger partial charge in [0.05, 0.1) is 23.3 Å². The van der Waals surface area contributed by atoms with E-state index in [4.69, 9.17) is 4.74 Å². The second-order valence-electron chi connectivity index (χ2n) is 5.30. The molecule has 1 fully saturated rings. The van der Waals surface area contributed by atoms with Crippen molar-refractivity contribution in [3.8, 4) is 5.75 Å². The number of ether oxygens (including phenoxy) is 1. The van der Waals surface area contributed by atoms with Crippen LogP contribution in [-0.4, -0.2) is 18.2 Å². The van der Waals surface area contributed by atoms with Crippen LogP contribution in [0.5, 0.6) is 5.75 Å². The number of nitrogens with one attached hydrogen (secondary N) is 1. The van der Waals surface area contributed by atoms with Crippen LogP contribution in [0.15, 0.2) is 58.4 Å². The Kier molecular flexibility index (Phi) is 5.03. The summed E-state index contributed by atoms with van der Waals surface area (Å²) in [5, 5.41) is 2.78. The van der Waals surface area contributed by atoms with Crippen LogP contribution in [0.2, 0.25) is 0 Å². The molecular weight excluding hydrogens is 365 g/mol. The second kappa shape index (κ2) is 7.25. The van der Waals surface area contributed by atoms with Crippen molar-refractivity contribution in [1.29, 1.82) is 0 Å². The summed E-state index contributed by atoms with van der Waals surface area (Å²) < 4.78 is 43.4. The fourth-order valence-electron chi connectivity index (χ4n) is 2.20. The van der Waals surface area contributed by atoms with Gasteiger partial charge in [-0.05, 0) is 53.7 Å². The molecule has 3 rings (SSSR count). The van der Waals surface area contributed by atoms with Crippen molar-refractivity contribution >= 4 is 34.6 Å². The van der Waals surface area contributed by atoms with Crippen LogP contribution in [-0.2, 0) is 11.0 Å². The van der Waals surface area contributed by atoms with E-state index in [0.29, 0.717) is 10.7 Å². The number of alkyl halides is 3. The van der Waals surface area contributed by atoms with E-state index in [2.05, 4.69) is 10.3 Å². The number of halogens is 3. The molecule has 0 atom stereocenters. The van der Waals surface area contributed by atoms with Gasteiger partial charge in [0.15, 0.2) is 5.17 Å². The summed E-state index contributed by atoms with van der Waals surface area (Å²) in [5.41, 5.74) is 0.125. The number of hydrogen-bond donors (Lipinski definition) is 1. The van der Waals surface area contributed by atoms with Gasteiger partial charge in [0.25, 0.3) is 5.91 Å². The third kappa shape index (κ3) is 4.26. The largest absolute Gasteiger partial charge is 0.497 e. The number of thioether (sulfide) groups is 1.